The van der Waals surface area contributed by atoms with Gasteiger partial charge in [0.05, 0.1) is 0 Å². The highest BCUT2D eigenvalue weighted by Gasteiger charge is 2.39. The van der Waals surface area contributed by atoms with Crippen LogP contribution in [0.25, 0.3) is 0 Å². The Kier molecular flexibility index (Phi) is 2.57. The third-order valence-electron chi connectivity index (χ3n) is 2.88. The number of aryl methyl sites for hydroxylation is 1. The second-order valence-corrected chi connectivity index (χ2v) is 3.74. The number of aldehydes is 1. The molecule has 0 aromatic heterocycles. The third kappa shape index (κ3) is 1.57. The second kappa shape index (κ2) is 3.74. The molecule has 1 aromatic rings. The highest BCUT2D eigenvalue weighted by atomic mass is 19.1. The molecule has 0 N–H and O–H groups in total. The van der Waals surface area contributed by atoms with Crippen LogP contribution >= 0.6 is 0 Å². The Balaban J connectivity index is 2.46. The first-order chi connectivity index (χ1) is 7.22. The van der Waals surface area contributed by atoms with Gasteiger partial charge in [-0.25, -0.2) is 4.39 Å². The lowest BCUT2D eigenvalue weighted by Gasteiger charge is -2.23. The van der Waals surface area contributed by atoms with Crippen LogP contribution in [-0.4, -0.2) is 12.9 Å². The molecule has 1 aliphatic carbocycles. The summed E-state index contributed by atoms with van der Waals surface area (Å²) in [5.74, 6) is -0.257. The van der Waals surface area contributed by atoms with Gasteiger partial charge < -0.3 is 4.74 Å². The minimum Gasteiger partial charge on any atom is -0.363 e. The van der Waals surface area contributed by atoms with Gasteiger partial charge in [-0.15, -0.1) is 0 Å². The first-order valence-corrected chi connectivity index (χ1v) is 5.11. The molecule has 0 saturated carbocycles. The van der Waals surface area contributed by atoms with Crippen molar-refractivity contribution in [2.45, 2.75) is 25.4 Å². The summed E-state index contributed by atoms with van der Waals surface area (Å²) < 4.78 is 18.5. The molecule has 1 atom stereocenters. The van der Waals surface area contributed by atoms with E-state index in [1.807, 2.05) is 6.92 Å². The van der Waals surface area contributed by atoms with Crippen molar-refractivity contribution in [3.63, 3.8) is 0 Å². The maximum absolute atomic E-state index is 13.0. The molecular formula is C12H13FO2. The second-order valence-electron chi connectivity index (χ2n) is 3.74. The van der Waals surface area contributed by atoms with Gasteiger partial charge in [0.15, 0.2) is 6.29 Å². The van der Waals surface area contributed by atoms with Crippen LogP contribution in [0.3, 0.4) is 0 Å². The van der Waals surface area contributed by atoms with E-state index in [4.69, 9.17) is 4.74 Å². The van der Waals surface area contributed by atoms with Crippen LogP contribution in [0.4, 0.5) is 4.39 Å². The highest BCUT2D eigenvalue weighted by molar-refractivity contribution is 5.69. The lowest BCUT2D eigenvalue weighted by atomic mass is 9.97. The number of hydrogen-bond donors (Lipinski definition) is 0. The van der Waals surface area contributed by atoms with E-state index in [0.29, 0.717) is 19.4 Å². The molecule has 2 nitrogen and oxygen atoms in total. The Morgan fingerprint density at radius 3 is 3.07 bits per heavy atom. The van der Waals surface area contributed by atoms with E-state index in [1.54, 1.807) is 6.07 Å². The molecule has 2 rings (SSSR count). The van der Waals surface area contributed by atoms with Gasteiger partial charge in [-0.05, 0) is 43.0 Å². The zero-order valence-electron chi connectivity index (χ0n) is 8.63. The summed E-state index contributed by atoms with van der Waals surface area (Å²) in [6, 6.07) is 4.52. The van der Waals surface area contributed by atoms with Crippen molar-refractivity contribution in [1.29, 1.82) is 0 Å². The number of carbonyl (C=O) groups is 1. The summed E-state index contributed by atoms with van der Waals surface area (Å²) in [5.41, 5.74) is 0.869. The minimum absolute atomic E-state index is 0.257. The fourth-order valence-corrected chi connectivity index (χ4v) is 2.20. The van der Waals surface area contributed by atoms with E-state index in [-0.39, 0.29) is 5.82 Å². The molecule has 15 heavy (non-hydrogen) atoms. The number of fused-ring (bicyclic) bond motifs is 1. The van der Waals surface area contributed by atoms with Crippen molar-refractivity contribution in [2.24, 2.45) is 0 Å². The van der Waals surface area contributed by atoms with Crippen LogP contribution in [0.5, 0.6) is 0 Å². The van der Waals surface area contributed by atoms with E-state index in [9.17, 15) is 9.18 Å². The molecule has 0 fully saturated rings. The topological polar surface area (TPSA) is 26.3 Å². The maximum atomic E-state index is 13.0. The summed E-state index contributed by atoms with van der Waals surface area (Å²) >= 11 is 0. The molecule has 0 heterocycles. The third-order valence-corrected chi connectivity index (χ3v) is 2.88. The number of halogens is 1. The first kappa shape index (κ1) is 10.3. The predicted molar refractivity (Wildman–Crippen MR) is 54.1 cm³/mol. The molecule has 0 amide bonds. The lowest BCUT2D eigenvalue weighted by molar-refractivity contribution is -0.131. The predicted octanol–water partition coefficient (Wildman–Crippen LogP) is 2.20. The smallest absolute Gasteiger partial charge is 0.156 e. The fourth-order valence-electron chi connectivity index (χ4n) is 2.20. The summed E-state index contributed by atoms with van der Waals surface area (Å²) in [6.45, 7) is 2.34. The van der Waals surface area contributed by atoms with Crippen LogP contribution in [0.15, 0.2) is 18.2 Å². The Labute approximate surface area is 88.1 Å². The molecule has 1 aliphatic rings. The molecule has 1 unspecified atom stereocenters. The maximum Gasteiger partial charge on any atom is 0.156 e. The lowest BCUT2D eigenvalue weighted by Crippen LogP contribution is -2.28. The van der Waals surface area contributed by atoms with E-state index < -0.39 is 5.60 Å². The molecule has 0 saturated heterocycles. The number of benzene rings is 1. The van der Waals surface area contributed by atoms with Gasteiger partial charge in [-0.1, -0.05) is 6.07 Å². The van der Waals surface area contributed by atoms with Crippen molar-refractivity contribution in [1.82, 2.24) is 0 Å². The number of hydrogen-bond acceptors (Lipinski definition) is 2. The molecule has 1 aromatic carbocycles. The van der Waals surface area contributed by atoms with Crippen LogP contribution in [0.1, 0.15) is 24.5 Å². The largest absolute Gasteiger partial charge is 0.363 e. The normalized spacial score (nSPS) is 23.9. The van der Waals surface area contributed by atoms with Gasteiger partial charge in [-0.3, -0.25) is 4.79 Å². The quantitative estimate of drug-likeness (QED) is 0.712. The van der Waals surface area contributed by atoms with Gasteiger partial charge in [-0.2, -0.15) is 0 Å². The van der Waals surface area contributed by atoms with Crippen molar-refractivity contribution in [3.8, 4) is 0 Å². The summed E-state index contributed by atoms with van der Waals surface area (Å²) in [6.07, 6.45) is 2.15. The highest BCUT2D eigenvalue weighted by Crippen LogP contribution is 2.38. The van der Waals surface area contributed by atoms with E-state index in [2.05, 4.69) is 0 Å². The molecule has 0 bridgehead atoms. The standard InChI is InChI=1S/C12H13FO2/c1-2-15-12(8-14)6-5-9-7-10(13)3-4-11(9)12/h3-4,7-8H,2,5-6H2,1H3. The summed E-state index contributed by atoms with van der Waals surface area (Å²) in [7, 11) is 0. The molecule has 3 heteroatoms. The van der Waals surface area contributed by atoms with Crippen LogP contribution in [-0.2, 0) is 21.6 Å². The molecule has 0 spiro atoms. The minimum atomic E-state index is -0.836. The Hall–Kier alpha value is -1.22. The van der Waals surface area contributed by atoms with Crippen LogP contribution in [0.2, 0.25) is 0 Å². The monoisotopic (exact) mass is 208 g/mol. The van der Waals surface area contributed by atoms with Gasteiger partial charge in [0.1, 0.15) is 11.4 Å². The van der Waals surface area contributed by atoms with Crippen molar-refractivity contribution in [2.75, 3.05) is 6.61 Å². The molecule has 0 radical (unpaired) electrons. The zero-order valence-corrected chi connectivity index (χ0v) is 8.63. The van der Waals surface area contributed by atoms with Gasteiger partial charge in [0.25, 0.3) is 0 Å². The molecule has 0 aliphatic heterocycles. The summed E-state index contributed by atoms with van der Waals surface area (Å²) in [5, 5.41) is 0. The number of carbonyl (C=O) groups excluding carboxylic acids is 1. The Morgan fingerprint density at radius 2 is 2.40 bits per heavy atom. The Morgan fingerprint density at radius 1 is 1.60 bits per heavy atom. The Bertz CT molecular complexity index is 389. The van der Waals surface area contributed by atoms with Crippen molar-refractivity contribution >= 4 is 6.29 Å². The molecular weight excluding hydrogens is 195 g/mol. The van der Waals surface area contributed by atoms with Gasteiger partial charge >= 0.3 is 0 Å². The van der Waals surface area contributed by atoms with E-state index in [0.717, 1.165) is 17.4 Å². The number of ether oxygens (including phenoxy) is 1. The van der Waals surface area contributed by atoms with Crippen LogP contribution in [0, 0.1) is 5.82 Å². The summed E-state index contributed by atoms with van der Waals surface area (Å²) in [4.78, 5) is 11.1. The average molecular weight is 208 g/mol. The zero-order chi connectivity index (χ0) is 10.9. The van der Waals surface area contributed by atoms with Crippen molar-refractivity contribution < 1.29 is 13.9 Å². The van der Waals surface area contributed by atoms with E-state index >= 15 is 0 Å². The SMILES string of the molecule is CCOC1(C=O)CCc2cc(F)ccc21. The number of rotatable bonds is 3. The molecule has 80 valence electrons. The van der Waals surface area contributed by atoms with Crippen LogP contribution < -0.4 is 0 Å². The van der Waals surface area contributed by atoms with E-state index in [1.165, 1.54) is 12.1 Å². The van der Waals surface area contributed by atoms with Crippen molar-refractivity contribution in [3.05, 3.63) is 35.1 Å². The fraction of sp³-hybridized carbons (Fsp3) is 0.417. The average Bonchev–Trinajstić information content (AvgIpc) is 2.58. The van der Waals surface area contributed by atoms with Gasteiger partial charge in [0, 0.05) is 6.61 Å². The van der Waals surface area contributed by atoms with Gasteiger partial charge in [0.2, 0.25) is 0 Å². The first-order valence-electron chi connectivity index (χ1n) is 5.11.